The van der Waals surface area contributed by atoms with Gasteiger partial charge in [-0.05, 0) is 18.4 Å². The first-order chi connectivity index (χ1) is 12.0. The van der Waals surface area contributed by atoms with E-state index in [9.17, 15) is 14.4 Å². The number of ether oxygens (including phenoxy) is 1. The Kier molecular flexibility index (Phi) is 6.77. The van der Waals surface area contributed by atoms with Crippen LogP contribution in [-0.4, -0.2) is 23.9 Å². The fraction of sp³-hybridized carbons (Fsp3) is 0.211. The van der Waals surface area contributed by atoms with Gasteiger partial charge in [0, 0.05) is 22.4 Å². The fourth-order valence-electron chi connectivity index (χ4n) is 2.25. The van der Waals surface area contributed by atoms with Crippen LogP contribution >= 0.6 is 11.8 Å². The number of thioether (sulfide) groups is 1. The third-order valence-corrected chi connectivity index (χ3v) is 4.32. The molecule has 6 heteroatoms. The summed E-state index contributed by atoms with van der Waals surface area (Å²) in [6, 6.07) is 15.7. The molecule has 1 amide bonds. The SMILES string of the molecule is CSc1ccc(C(=O)CCC(=O)OC(C(N)=O)c2ccccc2)cc1. The zero-order valence-electron chi connectivity index (χ0n) is 13.8. The van der Waals surface area contributed by atoms with Gasteiger partial charge < -0.3 is 10.5 Å². The molecule has 0 saturated carbocycles. The van der Waals surface area contributed by atoms with Crippen molar-refractivity contribution < 1.29 is 19.1 Å². The topological polar surface area (TPSA) is 86.5 Å². The number of ketones is 1. The van der Waals surface area contributed by atoms with Crippen LogP contribution in [0.15, 0.2) is 59.5 Å². The number of nitrogens with two attached hydrogens (primary N) is 1. The molecule has 0 heterocycles. The predicted octanol–water partition coefficient (Wildman–Crippen LogP) is 3.14. The first kappa shape index (κ1) is 18.7. The average Bonchev–Trinajstić information content (AvgIpc) is 2.64. The summed E-state index contributed by atoms with van der Waals surface area (Å²) in [5.41, 5.74) is 6.35. The van der Waals surface area contributed by atoms with E-state index >= 15 is 0 Å². The van der Waals surface area contributed by atoms with Crippen molar-refractivity contribution >= 4 is 29.4 Å². The summed E-state index contributed by atoms with van der Waals surface area (Å²) in [5, 5.41) is 0. The number of hydrogen-bond acceptors (Lipinski definition) is 5. The van der Waals surface area contributed by atoms with Crippen molar-refractivity contribution in [2.75, 3.05) is 6.26 Å². The number of carbonyl (C=O) groups is 3. The second-order valence-corrected chi connectivity index (χ2v) is 6.21. The monoisotopic (exact) mass is 357 g/mol. The summed E-state index contributed by atoms with van der Waals surface area (Å²) in [6.45, 7) is 0. The van der Waals surface area contributed by atoms with E-state index in [-0.39, 0.29) is 18.6 Å². The number of Topliss-reactive ketones (excluding diaryl/α,β-unsaturated/α-hetero) is 1. The zero-order valence-corrected chi connectivity index (χ0v) is 14.6. The van der Waals surface area contributed by atoms with Gasteiger partial charge in [-0.2, -0.15) is 0 Å². The van der Waals surface area contributed by atoms with Gasteiger partial charge in [0.2, 0.25) is 6.10 Å². The van der Waals surface area contributed by atoms with Crippen LogP contribution in [0.5, 0.6) is 0 Å². The van der Waals surface area contributed by atoms with Crippen LogP contribution in [0.3, 0.4) is 0 Å². The molecule has 0 aliphatic carbocycles. The van der Waals surface area contributed by atoms with Gasteiger partial charge in [0.25, 0.3) is 5.91 Å². The maximum Gasteiger partial charge on any atom is 0.307 e. The molecule has 25 heavy (non-hydrogen) atoms. The Morgan fingerprint density at radius 3 is 2.20 bits per heavy atom. The standard InChI is InChI=1S/C19H19NO4S/c1-25-15-9-7-13(8-10-15)16(21)11-12-17(22)24-18(19(20)23)14-5-3-2-4-6-14/h2-10,18H,11-12H2,1H3,(H2,20,23). The molecule has 2 aromatic carbocycles. The van der Waals surface area contributed by atoms with E-state index in [0.717, 1.165) is 4.90 Å². The van der Waals surface area contributed by atoms with Gasteiger partial charge in [-0.1, -0.05) is 42.5 Å². The van der Waals surface area contributed by atoms with Gasteiger partial charge >= 0.3 is 5.97 Å². The molecule has 0 fully saturated rings. The number of amides is 1. The molecule has 0 saturated heterocycles. The van der Waals surface area contributed by atoms with Crippen molar-refractivity contribution in [3.63, 3.8) is 0 Å². The normalized spacial score (nSPS) is 11.6. The number of benzene rings is 2. The molecule has 0 bridgehead atoms. The number of rotatable bonds is 8. The second kappa shape index (κ2) is 9.03. The highest BCUT2D eigenvalue weighted by Crippen LogP contribution is 2.19. The molecule has 0 radical (unpaired) electrons. The summed E-state index contributed by atoms with van der Waals surface area (Å²) in [4.78, 5) is 36.7. The van der Waals surface area contributed by atoms with E-state index in [1.54, 1.807) is 54.2 Å². The maximum atomic E-state index is 12.1. The van der Waals surface area contributed by atoms with Crippen LogP contribution in [0.2, 0.25) is 0 Å². The van der Waals surface area contributed by atoms with Crippen LogP contribution in [-0.2, 0) is 14.3 Å². The molecule has 5 nitrogen and oxygen atoms in total. The van der Waals surface area contributed by atoms with Crippen LogP contribution in [0.4, 0.5) is 0 Å². The number of primary amides is 1. The Morgan fingerprint density at radius 1 is 1.00 bits per heavy atom. The van der Waals surface area contributed by atoms with Gasteiger partial charge in [0.1, 0.15) is 0 Å². The predicted molar refractivity (Wildman–Crippen MR) is 96.3 cm³/mol. The van der Waals surface area contributed by atoms with Gasteiger partial charge in [-0.25, -0.2) is 0 Å². The Balaban J connectivity index is 1.92. The molecule has 2 N–H and O–H groups in total. The van der Waals surface area contributed by atoms with E-state index in [4.69, 9.17) is 10.5 Å². The van der Waals surface area contributed by atoms with Crippen LogP contribution in [0.1, 0.15) is 34.9 Å². The lowest BCUT2D eigenvalue weighted by atomic mass is 10.1. The highest BCUT2D eigenvalue weighted by atomic mass is 32.2. The largest absolute Gasteiger partial charge is 0.447 e. The Labute approximate surface area is 150 Å². The van der Waals surface area contributed by atoms with Crippen molar-refractivity contribution in [1.82, 2.24) is 0 Å². The number of esters is 1. The molecule has 1 atom stereocenters. The lowest BCUT2D eigenvalue weighted by molar-refractivity contribution is -0.155. The van der Waals surface area contributed by atoms with Crippen molar-refractivity contribution in [2.45, 2.75) is 23.8 Å². The van der Waals surface area contributed by atoms with Gasteiger partial charge in [-0.3, -0.25) is 14.4 Å². The highest BCUT2D eigenvalue weighted by molar-refractivity contribution is 7.98. The van der Waals surface area contributed by atoms with E-state index in [1.165, 1.54) is 0 Å². The first-order valence-corrected chi connectivity index (χ1v) is 8.94. The van der Waals surface area contributed by atoms with E-state index in [2.05, 4.69) is 0 Å². The van der Waals surface area contributed by atoms with Crippen LogP contribution in [0, 0.1) is 0 Å². The summed E-state index contributed by atoms with van der Waals surface area (Å²) >= 11 is 1.59. The molecule has 0 spiro atoms. The summed E-state index contributed by atoms with van der Waals surface area (Å²) in [6.07, 6.45) is 0.705. The van der Waals surface area contributed by atoms with Crippen molar-refractivity contribution in [1.29, 1.82) is 0 Å². The molecule has 130 valence electrons. The highest BCUT2D eigenvalue weighted by Gasteiger charge is 2.22. The van der Waals surface area contributed by atoms with Crippen molar-refractivity contribution in [3.05, 3.63) is 65.7 Å². The fourth-order valence-corrected chi connectivity index (χ4v) is 2.65. The Bertz CT molecular complexity index is 744. The minimum Gasteiger partial charge on any atom is -0.447 e. The third-order valence-electron chi connectivity index (χ3n) is 3.58. The summed E-state index contributed by atoms with van der Waals surface area (Å²) < 4.78 is 5.15. The lowest BCUT2D eigenvalue weighted by Gasteiger charge is -2.14. The van der Waals surface area contributed by atoms with Crippen molar-refractivity contribution in [2.24, 2.45) is 5.73 Å². The number of hydrogen-bond donors (Lipinski definition) is 1. The minimum absolute atomic E-state index is 0.0116. The van der Waals surface area contributed by atoms with Crippen LogP contribution in [0.25, 0.3) is 0 Å². The van der Waals surface area contributed by atoms with E-state index < -0.39 is 18.0 Å². The molecular formula is C19H19NO4S. The minimum atomic E-state index is -1.15. The molecule has 1 unspecified atom stereocenters. The van der Waals surface area contributed by atoms with Crippen molar-refractivity contribution in [3.8, 4) is 0 Å². The van der Waals surface area contributed by atoms with E-state index in [0.29, 0.717) is 11.1 Å². The quantitative estimate of drug-likeness (QED) is 0.445. The summed E-state index contributed by atoms with van der Waals surface area (Å²) in [5.74, 6) is -1.54. The molecule has 0 aromatic heterocycles. The van der Waals surface area contributed by atoms with E-state index in [1.807, 2.05) is 18.4 Å². The lowest BCUT2D eigenvalue weighted by Crippen LogP contribution is -2.26. The second-order valence-electron chi connectivity index (χ2n) is 5.33. The van der Waals surface area contributed by atoms with Gasteiger partial charge in [0.05, 0.1) is 6.42 Å². The van der Waals surface area contributed by atoms with Crippen LogP contribution < -0.4 is 5.73 Å². The van der Waals surface area contributed by atoms with Gasteiger partial charge in [0.15, 0.2) is 5.78 Å². The molecule has 0 aliphatic heterocycles. The zero-order chi connectivity index (χ0) is 18.2. The van der Waals surface area contributed by atoms with Gasteiger partial charge in [-0.15, -0.1) is 11.8 Å². The average molecular weight is 357 g/mol. The molecule has 2 rings (SSSR count). The molecular weight excluding hydrogens is 338 g/mol. The third kappa shape index (κ3) is 5.46. The molecule has 2 aromatic rings. The Hall–Kier alpha value is -2.60. The molecule has 0 aliphatic rings. The first-order valence-electron chi connectivity index (χ1n) is 7.72. The smallest absolute Gasteiger partial charge is 0.307 e. The number of carbonyl (C=O) groups excluding carboxylic acids is 3. The maximum absolute atomic E-state index is 12.1. The Morgan fingerprint density at radius 2 is 1.64 bits per heavy atom. The summed E-state index contributed by atoms with van der Waals surface area (Å²) in [7, 11) is 0.